The minimum absolute atomic E-state index is 0.177. The molecule has 2 aliphatic heterocycles. The van der Waals surface area contributed by atoms with Crippen LogP contribution in [0.5, 0.6) is 0 Å². The van der Waals surface area contributed by atoms with Gasteiger partial charge in [0.2, 0.25) is 5.91 Å². The second-order valence-corrected chi connectivity index (χ2v) is 11.2. The topological polar surface area (TPSA) is 112 Å². The molecular weight excluding hydrogens is 505 g/mol. The molecule has 3 heterocycles. The Hall–Kier alpha value is -3.41. The number of amides is 4. The summed E-state index contributed by atoms with van der Waals surface area (Å²) in [6.07, 6.45) is 4.06. The van der Waals surface area contributed by atoms with Gasteiger partial charge in [0.05, 0.1) is 11.2 Å². The molecule has 1 aromatic carbocycles. The monoisotopic (exact) mass is 545 g/mol. The molecule has 12 heteroatoms. The van der Waals surface area contributed by atoms with Crippen LogP contribution < -0.4 is 15.5 Å². The first kappa shape index (κ1) is 28.6. The van der Waals surface area contributed by atoms with Crippen molar-refractivity contribution in [1.82, 2.24) is 24.9 Å². The van der Waals surface area contributed by atoms with Gasteiger partial charge in [0.25, 0.3) is 0 Å². The number of aryl methyl sites for hydroxylation is 1. The van der Waals surface area contributed by atoms with Crippen molar-refractivity contribution in [1.29, 1.82) is 0 Å². The van der Waals surface area contributed by atoms with Crippen molar-refractivity contribution in [3.05, 3.63) is 17.9 Å². The molecule has 2 aromatic rings. The van der Waals surface area contributed by atoms with Crippen LogP contribution in [0.15, 0.2) is 12.1 Å². The number of carbonyl (C=O) groups excluding carboxylic acids is 3. The number of unbranched alkanes of at least 4 members (excludes halogenated alkanes) is 3. The maximum atomic E-state index is 14.9. The van der Waals surface area contributed by atoms with Crippen molar-refractivity contribution in [2.75, 3.05) is 56.0 Å². The molecule has 0 atom stereocenters. The molecule has 1 aromatic heterocycles. The molecule has 0 radical (unpaired) electrons. The third-order valence-corrected chi connectivity index (χ3v) is 6.97. The molecule has 0 unspecified atom stereocenters. The Bertz CT molecular complexity index is 1200. The van der Waals surface area contributed by atoms with Gasteiger partial charge < -0.3 is 15.0 Å². The zero-order chi connectivity index (χ0) is 28.2. The largest absolute Gasteiger partial charge is 0.444 e. The molecule has 2 aliphatic rings. The number of nitrogens with one attached hydrogen (secondary N) is 2. The van der Waals surface area contributed by atoms with Gasteiger partial charge >= 0.3 is 12.1 Å². The summed E-state index contributed by atoms with van der Waals surface area (Å²) in [6, 6.07) is 2.56. The SMILES string of the molecule is Cn1nc(N2CCC(=O)NC2=O)c2cc(F)c(NCCCCCCN3CCN(C(=O)OC(C)(C)C)CC3)cc21. The van der Waals surface area contributed by atoms with Crippen molar-refractivity contribution >= 4 is 40.4 Å². The van der Waals surface area contributed by atoms with E-state index in [1.54, 1.807) is 22.7 Å². The molecule has 39 heavy (non-hydrogen) atoms. The van der Waals surface area contributed by atoms with Crippen LogP contribution in [0.25, 0.3) is 10.9 Å². The Labute approximate surface area is 228 Å². The first-order valence-corrected chi connectivity index (χ1v) is 13.7. The third kappa shape index (κ3) is 7.37. The van der Waals surface area contributed by atoms with Gasteiger partial charge in [-0.15, -0.1) is 0 Å². The van der Waals surface area contributed by atoms with Gasteiger partial charge in [0.1, 0.15) is 11.4 Å². The van der Waals surface area contributed by atoms with E-state index < -0.39 is 17.4 Å². The summed E-state index contributed by atoms with van der Waals surface area (Å²) in [4.78, 5) is 41.5. The molecule has 0 saturated carbocycles. The standard InChI is InChI=1S/C27H40FN7O4/c1-27(2,3)39-26(38)34-15-13-33(14-16-34)11-8-6-5-7-10-29-21-18-22-19(17-20(21)28)24(31-32(22)4)35-12-9-23(36)30-25(35)37/h17-18,29H,5-16H2,1-4H3,(H,30,36,37). The quantitative estimate of drug-likeness (QED) is 0.462. The molecule has 4 amide bonds. The zero-order valence-corrected chi connectivity index (χ0v) is 23.4. The average Bonchev–Trinajstić information content (AvgIpc) is 3.17. The number of anilines is 2. The number of carbonyl (C=O) groups is 3. The van der Waals surface area contributed by atoms with E-state index in [4.69, 9.17) is 4.74 Å². The Kier molecular flexibility index (Phi) is 8.94. The number of nitrogens with zero attached hydrogens (tertiary/aromatic N) is 5. The van der Waals surface area contributed by atoms with Crippen LogP contribution in [-0.4, -0.2) is 89.0 Å². The summed E-state index contributed by atoms with van der Waals surface area (Å²) >= 11 is 0. The lowest BCUT2D eigenvalue weighted by Gasteiger charge is -2.35. The maximum Gasteiger partial charge on any atom is 0.410 e. The van der Waals surface area contributed by atoms with E-state index >= 15 is 0 Å². The normalized spacial score (nSPS) is 17.1. The van der Waals surface area contributed by atoms with Crippen LogP contribution in [0.1, 0.15) is 52.9 Å². The summed E-state index contributed by atoms with van der Waals surface area (Å²) in [5, 5.41) is 10.4. The minimum atomic E-state index is -0.545. The Balaban J connectivity index is 1.17. The fourth-order valence-corrected chi connectivity index (χ4v) is 4.88. The molecule has 0 bridgehead atoms. The summed E-state index contributed by atoms with van der Waals surface area (Å²) in [5.74, 6) is -0.391. The predicted octanol–water partition coefficient (Wildman–Crippen LogP) is 3.68. The number of halogens is 1. The molecule has 2 N–H and O–H groups in total. The number of hydrogen-bond donors (Lipinski definition) is 2. The number of fused-ring (bicyclic) bond motifs is 1. The van der Waals surface area contributed by atoms with Gasteiger partial charge in [-0.05, 0) is 52.3 Å². The Morgan fingerprint density at radius 3 is 2.49 bits per heavy atom. The van der Waals surface area contributed by atoms with Gasteiger partial charge in [0, 0.05) is 58.1 Å². The maximum absolute atomic E-state index is 14.9. The van der Waals surface area contributed by atoms with Crippen molar-refractivity contribution in [3.8, 4) is 0 Å². The van der Waals surface area contributed by atoms with E-state index in [2.05, 4.69) is 20.6 Å². The number of piperazine rings is 1. The number of aromatic nitrogens is 2. The summed E-state index contributed by atoms with van der Waals surface area (Å²) in [7, 11) is 1.75. The van der Waals surface area contributed by atoms with Crippen LogP contribution in [0, 0.1) is 5.82 Å². The molecule has 2 fully saturated rings. The van der Waals surface area contributed by atoms with Gasteiger partial charge in [-0.3, -0.25) is 24.6 Å². The van der Waals surface area contributed by atoms with Crippen molar-refractivity contribution < 1.29 is 23.5 Å². The smallest absolute Gasteiger partial charge is 0.410 e. The van der Waals surface area contributed by atoms with Crippen LogP contribution in [0.2, 0.25) is 0 Å². The lowest BCUT2D eigenvalue weighted by molar-refractivity contribution is -0.120. The van der Waals surface area contributed by atoms with E-state index in [9.17, 15) is 18.8 Å². The molecule has 2 saturated heterocycles. The number of hydrogen-bond acceptors (Lipinski definition) is 7. The summed E-state index contributed by atoms with van der Waals surface area (Å²) in [6.45, 7) is 10.6. The van der Waals surface area contributed by atoms with Gasteiger partial charge in [0.15, 0.2) is 5.82 Å². The third-order valence-electron chi connectivity index (χ3n) is 6.97. The van der Waals surface area contributed by atoms with E-state index in [0.717, 1.165) is 45.3 Å². The van der Waals surface area contributed by atoms with Gasteiger partial charge in [-0.25, -0.2) is 14.0 Å². The number of benzene rings is 1. The van der Waals surface area contributed by atoms with Crippen LogP contribution in [0.3, 0.4) is 0 Å². The number of rotatable bonds is 9. The Morgan fingerprint density at radius 1 is 1.08 bits per heavy atom. The van der Waals surface area contributed by atoms with E-state index in [0.29, 0.717) is 42.0 Å². The second-order valence-electron chi connectivity index (χ2n) is 11.2. The van der Waals surface area contributed by atoms with Gasteiger partial charge in [-0.2, -0.15) is 5.10 Å². The Morgan fingerprint density at radius 2 is 1.79 bits per heavy atom. The molecular formula is C27H40FN7O4. The second kappa shape index (κ2) is 12.2. The first-order valence-electron chi connectivity index (χ1n) is 13.7. The van der Waals surface area contributed by atoms with Crippen molar-refractivity contribution in [3.63, 3.8) is 0 Å². The van der Waals surface area contributed by atoms with Crippen molar-refractivity contribution in [2.45, 2.75) is 58.5 Å². The molecule has 11 nitrogen and oxygen atoms in total. The minimum Gasteiger partial charge on any atom is -0.444 e. The highest BCUT2D eigenvalue weighted by Gasteiger charge is 2.29. The highest BCUT2D eigenvalue weighted by Crippen LogP contribution is 2.31. The fraction of sp³-hybridized carbons (Fsp3) is 0.630. The fourth-order valence-electron chi connectivity index (χ4n) is 4.88. The lowest BCUT2D eigenvalue weighted by Crippen LogP contribution is -2.50. The number of ether oxygens (including phenoxy) is 1. The molecule has 4 rings (SSSR count). The predicted molar refractivity (Wildman–Crippen MR) is 147 cm³/mol. The summed E-state index contributed by atoms with van der Waals surface area (Å²) in [5.41, 5.74) is 0.628. The highest BCUT2D eigenvalue weighted by atomic mass is 19.1. The molecule has 214 valence electrons. The zero-order valence-electron chi connectivity index (χ0n) is 23.4. The van der Waals surface area contributed by atoms with E-state index in [1.165, 1.54) is 11.0 Å². The van der Waals surface area contributed by atoms with Gasteiger partial charge in [-0.1, -0.05) is 12.8 Å². The summed E-state index contributed by atoms with van der Waals surface area (Å²) < 4.78 is 22.0. The number of imide groups is 1. The van der Waals surface area contributed by atoms with Crippen LogP contribution in [0.4, 0.5) is 25.5 Å². The number of urea groups is 1. The average molecular weight is 546 g/mol. The van der Waals surface area contributed by atoms with Crippen molar-refractivity contribution in [2.24, 2.45) is 7.05 Å². The van der Waals surface area contributed by atoms with Crippen LogP contribution >= 0.6 is 0 Å². The van der Waals surface area contributed by atoms with Crippen LogP contribution in [-0.2, 0) is 16.6 Å². The molecule has 0 aliphatic carbocycles. The molecule has 0 spiro atoms. The highest BCUT2D eigenvalue weighted by molar-refractivity contribution is 6.09. The van der Waals surface area contributed by atoms with E-state index in [1.807, 2.05) is 20.8 Å². The van der Waals surface area contributed by atoms with E-state index in [-0.39, 0.29) is 25.0 Å². The lowest BCUT2D eigenvalue weighted by atomic mass is 10.1. The first-order chi connectivity index (χ1) is 18.5.